The third-order valence-electron chi connectivity index (χ3n) is 4.59. The zero-order valence-electron chi connectivity index (χ0n) is 15.6. The summed E-state index contributed by atoms with van der Waals surface area (Å²) in [5.74, 6) is 0.891. The minimum Gasteiger partial charge on any atom is -0.357 e. The molecule has 1 aliphatic rings. The normalized spacial score (nSPS) is 16.8. The van der Waals surface area contributed by atoms with Crippen LogP contribution in [0.25, 0.3) is 0 Å². The molecule has 1 aliphatic heterocycles. The molecule has 0 amide bonds. The Kier molecular flexibility index (Phi) is 9.08. The molecule has 1 aromatic rings. The monoisotopic (exact) mass is 365 g/mol. The lowest BCUT2D eigenvalue weighted by molar-refractivity contribution is 0.140. The molecule has 0 aromatic heterocycles. The summed E-state index contributed by atoms with van der Waals surface area (Å²) in [5, 5.41) is 7.55. The van der Waals surface area contributed by atoms with E-state index in [-0.39, 0.29) is 0 Å². The van der Waals surface area contributed by atoms with Gasteiger partial charge in [-0.05, 0) is 31.5 Å². The molecule has 1 aromatic carbocycles. The predicted octanol–water partition coefficient (Wildman–Crippen LogP) is 2.08. The average molecular weight is 366 g/mol. The van der Waals surface area contributed by atoms with Crippen molar-refractivity contribution in [3.63, 3.8) is 0 Å². The molecule has 1 fully saturated rings. The van der Waals surface area contributed by atoms with Crippen LogP contribution in [0, 0.1) is 0 Å². The molecular formula is C19H32ClN5. The van der Waals surface area contributed by atoms with Crippen LogP contribution in [0.4, 0.5) is 0 Å². The summed E-state index contributed by atoms with van der Waals surface area (Å²) < 4.78 is 0. The fourth-order valence-electron chi connectivity index (χ4n) is 2.99. The van der Waals surface area contributed by atoms with Gasteiger partial charge in [-0.2, -0.15) is 0 Å². The van der Waals surface area contributed by atoms with Crippen LogP contribution in [-0.4, -0.2) is 74.7 Å². The second-order valence-corrected chi connectivity index (χ2v) is 6.71. The number of likely N-dealkylation sites (N-methyl/N-ethyl adjacent to an activating group) is 1. The molecule has 0 saturated carbocycles. The van der Waals surface area contributed by atoms with Gasteiger partial charge in [-0.15, -0.1) is 0 Å². The fourth-order valence-corrected chi connectivity index (χ4v) is 3.22. The van der Waals surface area contributed by atoms with E-state index in [1.807, 2.05) is 18.2 Å². The van der Waals surface area contributed by atoms with Gasteiger partial charge < -0.3 is 15.5 Å². The molecule has 0 bridgehead atoms. The Hall–Kier alpha value is -1.30. The number of hydrogen-bond donors (Lipinski definition) is 2. The number of rotatable bonds is 8. The van der Waals surface area contributed by atoms with E-state index in [0.29, 0.717) is 0 Å². The van der Waals surface area contributed by atoms with Crippen molar-refractivity contribution in [3.8, 4) is 0 Å². The molecule has 0 atom stereocenters. The van der Waals surface area contributed by atoms with E-state index in [4.69, 9.17) is 16.6 Å². The Labute approximate surface area is 157 Å². The fraction of sp³-hybridized carbons (Fsp3) is 0.632. The van der Waals surface area contributed by atoms with E-state index < -0.39 is 0 Å². The van der Waals surface area contributed by atoms with Gasteiger partial charge in [-0.1, -0.05) is 36.7 Å². The number of nitrogens with zero attached hydrogens (tertiary/aromatic N) is 3. The first kappa shape index (κ1) is 20.0. The summed E-state index contributed by atoms with van der Waals surface area (Å²) in [7, 11) is 0. The maximum absolute atomic E-state index is 6.21. The van der Waals surface area contributed by atoms with Gasteiger partial charge in [0.25, 0.3) is 0 Å². The number of benzene rings is 1. The predicted molar refractivity (Wildman–Crippen MR) is 108 cm³/mol. The van der Waals surface area contributed by atoms with Gasteiger partial charge in [0, 0.05) is 50.8 Å². The van der Waals surface area contributed by atoms with Gasteiger partial charge in [0.1, 0.15) is 0 Å². The third-order valence-corrected chi connectivity index (χ3v) is 4.96. The molecule has 6 heteroatoms. The van der Waals surface area contributed by atoms with Gasteiger partial charge in [0.15, 0.2) is 5.96 Å². The molecule has 25 heavy (non-hydrogen) atoms. The highest BCUT2D eigenvalue weighted by Crippen LogP contribution is 2.14. The molecule has 1 heterocycles. The largest absolute Gasteiger partial charge is 0.357 e. The number of nitrogens with one attached hydrogen (secondary N) is 2. The van der Waals surface area contributed by atoms with Gasteiger partial charge in [-0.25, -0.2) is 0 Å². The second kappa shape index (κ2) is 11.3. The first-order chi connectivity index (χ1) is 12.2. The SMILES string of the molecule is CCNC(=NCCN1CCN(CC)CC1)NCCc1ccccc1Cl. The zero-order chi connectivity index (χ0) is 17.9. The summed E-state index contributed by atoms with van der Waals surface area (Å²) in [5.41, 5.74) is 1.17. The lowest BCUT2D eigenvalue weighted by Gasteiger charge is -2.33. The molecule has 1 saturated heterocycles. The van der Waals surface area contributed by atoms with Crippen LogP contribution in [0.2, 0.25) is 5.02 Å². The van der Waals surface area contributed by atoms with Crippen LogP contribution in [0.5, 0.6) is 0 Å². The Balaban J connectivity index is 1.72. The number of halogens is 1. The smallest absolute Gasteiger partial charge is 0.191 e. The standard InChI is InChI=1S/C19H32ClN5/c1-3-21-19(22-10-9-17-7-5-6-8-18(17)20)23-11-12-25-15-13-24(4-2)14-16-25/h5-8H,3-4,9-16H2,1-2H3,(H2,21,22,23). The highest BCUT2D eigenvalue weighted by Gasteiger charge is 2.14. The van der Waals surface area contributed by atoms with Gasteiger partial charge >= 0.3 is 0 Å². The lowest BCUT2D eigenvalue weighted by atomic mass is 10.1. The first-order valence-electron chi connectivity index (χ1n) is 9.43. The summed E-state index contributed by atoms with van der Waals surface area (Å²) >= 11 is 6.21. The Morgan fingerprint density at radius 1 is 1.08 bits per heavy atom. The maximum Gasteiger partial charge on any atom is 0.191 e. The summed E-state index contributed by atoms with van der Waals surface area (Å²) in [6, 6.07) is 8.00. The van der Waals surface area contributed by atoms with E-state index >= 15 is 0 Å². The van der Waals surface area contributed by atoms with Crippen LogP contribution in [-0.2, 0) is 6.42 Å². The molecule has 0 radical (unpaired) electrons. The molecular weight excluding hydrogens is 334 g/mol. The van der Waals surface area contributed by atoms with Crippen LogP contribution >= 0.6 is 11.6 Å². The van der Waals surface area contributed by atoms with Crippen LogP contribution in [0.1, 0.15) is 19.4 Å². The van der Waals surface area contributed by atoms with E-state index in [9.17, 15) is 0 Å². The van der Waals surface area contributed by atoms with Crippen molar-refractivity contribution in [1.82, 2.24) is 20.4 Å². The molecule has 5 nitrogen and oxygen atoms in total. The van der Waals surface area contributed by atoms with E-state index in [1.165, 1.54) is 18.7 Å². The number of piperazine rings is 1. The van der Waals surface area contributed by atoms with E-state index in [1.54, 1.807) is 0 Å². The Bertz CT molecular complexity index is 526. The van der Waals surface area contributed by atoms with Crippen LogP contribution < -0.4 is 10.6 Å². The minimum absolute atomic E-state index is 0.824. The van der Waals surface area contributed by atoms with E-state index in [0.717, 1.165) is 63.2 Å². The Morgan fingerprint density at radius 2 is 1.80 bits per heavy atom. The highest BCUT2D eigenvalue weighted by molar-refractivity contribution is 6.31. The summed E-state index contributed by atoms with van der Waals surface area (Å²) in [6.45, 7) is 13.7. The van der Waals surface area contributed by atoms with Crippen molar-refractivity contribution in [2.75, 3.05) is 58.9 Å². The molecule has 0 spiro atoms. The maximum atomic E-state index is 6.21. The first-order valence-corrected chi connectivity index (χ1v) is 9.81. The zero-order valence-corrected chi connectivity index (χ0v) is 16.4. The van der Waals surface area contributed by atoms with E-state index in [2.05, 4.69) is 40.3 Å². The number of hydrogen-bond acceptors (Lipinski definition) is 3. The molecule has 0 aliphatic carbocycles. The highest BCUT2D eigenvalue weighted by atomic mass is 35.5. The summed E-state index contributed by atoms with van der Waals surface area (Å²) in [4.78, 5) is 9.71. The lowest BCUT2D eigenvalue weighted by Crippen LogP contribution is -2.47. The topological polar surface area (TPSA) is 42.9 Å². The average Bonchev–Trinajstić information content (AvgIpc) is 2.64. The molecule has 0 unspecified atom stereocenters. The molecule has 140 valence electrons. The molecule has 2 N–H and O–H groups in total. The van der Waals surface area contributed by atoms with Crippen molar-refractivity contribution in [2.45, 2.75) is 20.3 Å². The Morgan fingerprint density at radius 3 is 2.48 bits per heavy atom. The van der Waals surface area contributed by atoms with Gasteiger partial charge in [0.2, 0.25) is 0 Å². The number of guanidine groups is 1. The van der Waals surface area contributed by atoms with Gasteiger partial charge in [-0.3, -0.25) is 9.89 Å². The minimum atomic E-state index is 0.824. The van der Waals surface area contributed by atoms with Crippen molar-refractivity contribution in [3.05, 3.63) is 34.9 Å². The van der Waals surface area contributed by atoms with Crippen molar-refractivity contribution >= 4 is 17.6 Å². The third kappa shape index (κ3) is 7.22. The van der Waals surface area contributed by atoms with Crippen molar-refractivity contribution in [1.29, 1.82) is 0 Å². The van der Waals surface area contributed by atoms with Crippen LogP contribution in [0.3, 0.4) is 0 Å². The second-order valence-electron chi connectivity index (χ2n) is 6.30. The summed E-state index contributed by atoms with van der Waals surface area (Å²) in [6.07, 6.45) is 0.892. The number of aliphatic imine (C=N–C) groups is 1. The van der Waals surface area contributed by atoms with Crippen molar-refractivity contribution in [2.24, 2.45) is 4.99 Å². The molecule has 2 rings (SSSR count). The van der Waals surface area contributed by atoms with Gasteiger partial charge in [0.05, 0.1) is 6.54 Å². The quantitative estimate of drug-likeness (QED) is 0.546. The van der Waals surface area contributed by atoms with Crippen molar-refractivity contribution < 1.29 is 0 Å². The van der Waals surface area contributed by atoms with Crippen LogP contribution in [0.15, 0.2) is 29.3 Å².